The second-order valence-electron chi connectivity index (χ2n) is 3.21. The largest absolute Gasteiger partial charge is 0.352 e. The number of nitrogens with one attached hydrogen (secondary N) is 1. The van der Waals surface area contributed by atoms with E-state index in [4.69, 9.17) is 5.26 Å². The van der Waals surface area contributed by atoms with Crippen LogP contribution in [0.15, 0.2) is 12.4 Å². The number of amides is 1. The summed E-state index contributed by atoms with van der Waals surface area (Å²) in [5.41, 5.74) is 0. The second kappa shape index (κ2) is 4.42. The monoisotopic (exact) mass is 192 g/mol. The Morgan fingerprint density at radius 3 is 3.07 bits per heavy atom. The number of hydrogen-bond acceptors (Lipinski definition) is 3. The standard InChI is InChI=1S/C9H12N4O/c1-7(2)12-9(14)6-13-4-3-11-8(13)5-10/h3-4,7H,6H2,1-2H3,(H,12,14). The lowest BCUT2D eigenvalue weighted by molar-refractivity contribution is -0.122. The van der Waals surface area contributed by atoms with Gasteiger partial charge in [0.2, 0.25) is 11.7 Å². The van der Waals surface area contributed by atoms with Crippen molar-refractivity contribution < 1.29 is 4.79 Å². The number of aromatic nitrogens is 2. The SMILES string of the molecule is CC(C)NC(=O)Cn1ccnc1C#N. The molecule has 0 atom stereocenters. The van der Waals surface area contributed by atoms with Crippen molar-refractivity contribution in [3.05, 3.63) is 18.2 Å². The Hall–Kier alpha value is -1.83. The van der Waals surface area contributed by atoms with Gasteiger partial charge < -0.3 is 9.88 Å². The molecule has 0 aliphatic rings. The molecule has 0 bridgehead atoms. The van der Waals surface area contributed by atoms with E-state index in [0.717, 1.165) is 0 Å². The Kier molecular flexibility index (Phi) is 3.24. The molecule has 1 aromatic heterocycles. The summed E-state index contributed by atoms with van der Waals surface area (Å²) >= 11 is 0. The lowest BCUT2D eigenvalue weighted by Crippen LogP contribution is -2.33. The van der Waals surface area contributed by atoms with Gasteiger partial charge in [-0.05, 0) is 13.8 Å². The summed E-state index contributed by atoms with van der Waals surface area (Å²) in [6.07, 6.45) is 3.11. The smallest absolute Gasteiger partial charge is 0.240 e. The minimum atomic E-state index is -0.116. The Morgan fingerprint density at radius 1 is 1.79 bits per heavy atom. The Morgan fingerprint density at radius 2 is 2.50 bits per heavy atom. The number of nitriles is 1. The molecule has 1 amide bonds. The molecular formula is C9H12N4O. The number of carbonyl (C=O) groups excluding carboxylic acids is 1. The van der Waals surface area contributed by atoms with E-state index in [0.29, 0.717) is 0 Å². The fraction of sp³-hybridized carbons (Fsp3) is 0.444. The summed E-state index contributed by atoms with van der Waals surface area (Å²) in [6, 6.07) is 2.01. The van der Waals surface area contributed by atoms with Gasteiger partial charge in [0.15, 0.2) is 0 Å². The van der Waals surface area contributed by atoms with Crippen LogP contribution in [0.4, 0.5) is 0 Å². The molecule has 0 radical (unpaired) electrons. The molecule has 0 aromatic carbocycles. The molecule has 1 N–H and O–H groups in total. The van der Waals surface area contributed by atoms with Gasteiger partial charge in [-0.25, -0.2) is 4.98 Å². The molecule has 5 heteroatoms. The van der Waals surface area contributed by atoms with Crippen molar-refractivity contribution in [3.8, 4) is 6.07 Å². The first kappa shape index (κ1) is 10.3. The van der Waals surface area contributed by atoms with Gasteiger partial charge >= 0.3 is 0 Å². The van der Waals surface area contributed by atoms with E-state index in [2.05, 4.69) is 10.3 Å². The summed E-state index contributed by atoms with van der Waals surface area (Å²) in [6.45, 7) is 3.91. The molecule has 1 rings (SSSR count). The lowest BCUT2D eigenvalue weighted by atomic mass is 10.4. The van der Waals surface area contributed by atoms with Crippen LogP contribution < -0.4 is 5.32 Å². The zero-order valence-corrected chi connectivity index (χ0v) is 8.19. The Labute approximate surface area is 82.4 Å². The van der Waals surface area contributed by atoms with Gasteiger partial charge in [-0.15, -0.1) is 0 Å². The summed E-state index contributed by atoms with van der Waals surface area (Å²) in [7, 11) is 0. The van der Waals surface area contributed by atoms with Gasteiger partial charge in [-0.3, -0.25) is 4.79 Å². The molecule has 0 fully saturated rings. The first-order valence-corrected chi connectivity index (χ1v) is 4.34. The minimum Gasteiger partial charge on any atom is -0.352 e. The van der Waals surface area contributed by atoms with E-state index in [1.807, 2.05) is 19.9 Å². The molecule has 0 saturated carbocycles. The van der Waals surface area contributed by atoms with Crippen LogP contribution in [0.2, 0.25) is 0 Å². The van der Waals surface area contributed by atoms with Crippen LogP contribution in [0.25, 0.3) is 0 Å². The van der Waals surface area contributed by atoms with Gasteiger partial charge in [0.05, 0.1) is 0 Å². The molecular weight excluding hydrogens is 180 g/mol. The van der Waals surface area contributed by atoms with Crippen LogP contribution in [-0.4, -0.2) is 21.5 Å². The summed E-state index contributed by atoms with van der Waals surface area (Å²) < 4.78 is 1.51. The zero-order valence-electron chi connectivity index (χ0n) is 8.19. The van der Waals surface area contributed by atoms with E-state index in [1.54, 1.807) is 6.20 Å². The van der Waals surface area contributed by atoms with Crippen LogP contribution in [-0.2, 0) is 11.3 Å². The second-order valence-corrected chi connectivity index (χ2v) is 3.21. The number of imidazole rings is 1. The van der Waals surface area contributed by atoms with Crippen LogP contribution in [0.3, 0.4) is 0 Å². The molecule has 0 spiro atoms. The summed E-state index contributed by atoms with van der Waals surface area (Å²) in [5.74, 6) is 0.137. The number of carbonyl (C=O) groups is 1. The molecule has 1 heterocycles. The maximum Gasteiger partial charge on any atom is 0.240 e. The molecule has 0 aliphatic carbocycles. The number of hydrogen-bond donors (Lipinski definition) is 1. The molecule has 5 nitrogen and oxygen atoms in total. The van der Waals surface area contributed by atoms with Gasteiger partial charge in [-0.2, -0.15) is 5.26 Å². The van der Waals surface area contributed by atoms with Crippen LogP contribution >= 0.6 is 0 Å². The average Bonchev–Trinajstić information content (AvgIpc) is 2.50. The lowest BCUT2D eigenvalue weighted by Gasteiger charge is -2.08. The first-order chi connectivity index (χ1) is 6.63. The highest BCUT2D eigenvalue weighted by molar-refractivity contribution is 5.76. The zero-order chi connectivity index (χ0) is 10.6. The number of nitrogens with zero attached hydrogens (tertiary/aromatic N) is 3. The normalized spacial score (nSPS) is 9.86. The fourth-order valence-corrected chi connectivity index (χ4v) is 1.07. The van der Waals surface area contributed by atoms with E-state index in [-0.39, 0.29) is 24.3 Å². The van der Waals surface area contributed by atoms with E-state index in [9.17, 15) is 4.79 Å². The van der Waals surface area contributed by atoms with Gasteiger partial charge in [0.1, 0.15) is 12.6 Å². The number of rotatable bonds is 3. The topological polar surface area (TPSA) is 70.7 Å². The fourth-order valence-electron chi connectivity index (χ4n) is 1.07. The van der Waals surface area contributed by atoms with Crippen molar-refractivity contribution in [1.29, 1.82) is 5.26 Å². The third-order valence-corrected chi connectivity index (χ3v) is 1.58. The summed E-state index contributed by atoms with van der Waals surface area (Å²) in [4.78, 5) is 15.1. The summed E-state index contributed by atoms with van der Waals surface area (Å²) in [5, 5.41) is 11.4. The van der Waals surface area contributed by atoms with Crippen molar-refractivity contribution in [2.75, 3.05) is 0 Å². The van der Waals surface area contributed by atoms with E-state index >= 15 is 0 Å². The molecule has 0 saturated heterocycles. The van der Waals surface area contributed by atoms with Crippen molar-refractivity contribution >= 4 is 5.91 Å². The van der Waals surface area contributed by atoms with Crippen LogP contribution in [0.1, 0.15) is 19.7 Å². The van der Waals surface area contributed by atoms with Gasteiger partial charge in [-0.1, -0.05) is 0 Å². The highest BCUT2D eigenvalue weighted by atomic mass is 16.2. The maximum absolute atomic E-state index is 11.3. The van der Waals surface area contributed by atoms with Crippen molar-refractivity contribution in [2.45, 2.75) is 26.4 Å². The molecule has 0 aliphatic heterocycles. The minimum absolute atomic E-state index is 0.108. The Balaban J connectivity index is 2.61. The van der Waals surface area contributed by atoms with Crippen LogP contribution in [0.5, 0.6) is 0 Å². The van der Waals surface area contributed by atoms with Crippen LogP contribution in [0, 0.1) is 11.3 Å². The van der Waals surface area contributed by atoms with Gasteiger partial charge in [0, 0.05) is 18.4 Å². The van der Waals surface area contributed by atoms with E-state index < -0.39 is 0 Å². The average molecular weight is 192 g/mol. The molecule has 14 heavy (non-hydrogen) atoms. The Bertz CT molecular complexity index is 361. The predicted octanol–water partition coefficient (Wildman–Crippen LogP) is 0.279. The van der Waals surface area contributed by atoms with Crippen molar-refractivity contribution in [2.24, 2.45) is 0 Å². The first-order valence-electron chi connectivity index (χ1n) is 4.34. The van der Waals surface area contributed by atoms with Gasteiger partial charge in [0.25, 0.3) is 0 Å². The molecule has 1 aromatic rings. The van der Waals surface area contributed by atoms with Crippen molar-refractivity contribution in [3.63, 3.8) is 0 Å². The molecule has 74 valence electrons. The predicted molar refractivity (Wildman–Crippen MR) is 50.2 cm³/mol. The maximum atomic E-state index is 11.3. The highest BCUT2D eigenvalue weighted by Gasteiger charge is 2.07. The molecule has 0 unspecified atom stereocenters. The third kappa shape index (κ3) is 2.59. The third-order valence-electron chi connectivity index (χ3n) is 1.58. The quantitative estimate of drug-likeness (QED) is 0.747. The highest BCUT2D eigenvalue weighted by Crippen LogP contribution is 1.95. The van der Waals surface area contributed by atoms with Crippen molar-refractivity contribution in [1.82, 2.24) is 14.9 Å². The van der Waals surface area contributed by atoms with E-state index in [1.165, 1.54) is 10.8 Å².